The summed E-state index contributed by atoms with van der Waals surface area (Å²) in [5, 5.41) is 0. The minimum Gasteiger partial charge on any atom is -0.327 e. The van der Waals surface area contributed by atoms with E-state index in [4.69, 9.17) is 5.73 Å². The maximum absolute atomic E-state index is 6.51. The fraction of sp³-hybridized carbons (Fsp3) is 1.00. The van der Waals surface area contributed by atoms with Crippen molar-refractivity contribution in [3.05, 3.63) is 0 Å². The average molecular weight is 266 g/mol. The van der Waals surface area contributed by atoms with Crippen LogP contribution in [0, 0.1) is 17.3 Å². The summed E-state index contributed by atoms with van der Waals surface area (Å²) in [6, 6.07) is 1.24. The lowest BCUT2D eigenvalue weighted by molar-refractivity contribution is 0.139. The van der Waals surface area contributed by atoms with Gasteiger partial charge in [0.05, 0.1) is 0 Å². The second kappa shape index (κ2) is 6.13. The van der Waals surface area contributed by atoms with Crippen molar-refractivity contribution in [3.8, 4) is 0 Å². The van der Waals surface area contributed by atoms with Crippen LogP contribution in [0.3, 0.4) is 0 Å². The fourth-order valence-corrected chi connectivity index (χ4v) is 4.16. The van der Waals surface area contributed by atoms with Crippen molar-refractivity contribution in [2.75, 3.05) is 13.1 Å². The van der Waals surface area contributed by atoms with Crippen LogP contribution in [0.1, 0.15) is 66.2 Å². The summed E-state index contributed by atoms with van der Waals surface area (Å²) < 4.78 is 0. The lowest BCUT2D eigenvalue weighted by atomic mass is 9.85. The van der Waals surface area contributed by atoms with Crippen molar-refractivity contribution < 1.29 is 0 Å². The van der Waals surface area contributed by atoms with E-state index in [9.17, 15) is 0 Å². The molecule has 0 spiro atoms. The van der Waals surface area contributed by atoms with E-state index in [1.54, 1.807) is 0 Å². The predicted octanol–water partition coefficient (Wildman–Crippen LogP) is 3.65. The maximum atomic E-state index is 6.51. The van der Waals surface area contributed by atoms with E-state index in [-0.39, 0.29) is 0 Å². The molecule has 2 nitrogen and oxygen atoms in total. The highest BCUT2D eigenvalue weighted by atomic mass is 15.2. The fourth-order valence-electron chi connectivity index (χ4n) is 4.16. The zero-order chi connectivity index (χ0) is 14.0. The van der Waals surface area contributed by atoms with Crippen LogP contribution in [0.25, 0.3) is 0 Å². The number of nitrogens with zero attached hydrogens (tertiary/aromatic N) is 1. The molecule has 0 radical (unpaired) electrons. The summed E-state index contributed by atoms with van der Waals surface area (Å²) in [4.78, 5) is 2.78. The van der Waals surface area contributed by atoms with Gasteiger partial charge in [0.25, 0.3) is 0 Å². The number of rotatable bonds is 5. The molecule has 112 valence electrons. The largest absolute Gasteiger partial charge is 0.327 e. The van der Waals surface area contributed by atoms with Crippen LogP contribution in [0.2, 0.25) is 0 Å². The first-order chi connectivity index (χ1) is 8.90. The molecule has 2 saturated carbocycles. The Kier molecular flexibility index (Phi) is 4.94. The van der Waals surface area contributed by atoms with E-state index in [1.165, 1.54) is 51.6 Å². The Morgan fingerprint density at radius 2 is 1.79 bits per heavy atom. The molecule has 0 aliphatic heterocycles. The number of hydrogen-bond donors (Lipinski definition) is 1. The second-order valence-electron chi connectivity index (χ2n) is 8.10. The third-order valence-corrected chi connectivity index (χ3v) is 5.48. The Labute approximate surface area is 120 Å². The summed E-state index contributed by atoms with van der Waals surface area (Å²) in [5.74, 6) is 1.49. The van der Waals surface area contributed by atoms with Gasteiger partial charge < -0.3 is 5.73 Å². The van der Waals surface area contributed by atoms with Crippen LogP contribution in [0.4, 0.5) is 0 Å². The number of hydrogen-bond acceptors (Lipinski definition) is 2. The zero-order valence-electron chi connectivity index (χ0n) is 13.5. The minimum atomic E-state index is 0.351. The molecule has 2 heteroatoms. The van der Waals surface area contributed by atoms with Crippen LogP contribution < -0.4 is 5.73 Å². The molecule has 2 fully saturated rings. The lowest BCUT2D eigenvalue weighted by Crippen LogP contribution is -2.45. The van der Waals surface area contributed by atoms with Gasteiger partial charge in [-0.3, -0.25) is 4.90 Å². The summed E-state index contributed by atoms with van der Waals surface area (Å²) in [6.07, 6.45) is 8.33. The Bertz CT molecular complexity index is 279. The highest BCUT2D eigenvalue weighted by molar-refractivity contribution is 4.96. The molecule has 2 rings (SSSR count). The molecule has 2 unspecified atom stereocenters. The average Bonchev–Trinajstić information content (AvgIpc) is 2.92. The van der Waals surface area contributed by atoms with Crippen molar-refractivity contribution in [1.29, 1.82) is 0 Å². The Balaban J connectivity index is 1.96. The van der Waals surface area contributed by atoms with Crippen molar-refractivity contribution in [2.24, 2.45) is 23.0 Å². The minimum absolute atomic E-state index is 0.351. The Hall–Kier alpha value is -0.0800. The van der Waals surface area contributed by atoms with E-state index in [2.05, 4.69) is 32.6 Å². The van der Waals surface area contributed by atoms with Gasteiger partial charge in [-0.1, -0.05) is 40.5 Å². The van der Waals surface area contributed by atoms with Gasteiger partial charge in [0.2, 0.25) is 0 Å². The van der Waals surface area contributed by atoms with Gasteiger partial charge in [-0.05, 0) is 42.9 Å². The van der Waals surface area contributed by atoms with E-state index in [0.717, 1.165) is 12.0 Å². The zero-order valence-corrected chi connectivity index (χ0v) is 13.5. The molecule has 2 N–H and O–H groups in total. The molecular formula is C17H34N2. The summed E-state index contributed by atoms with van der Waals surface area (Å²) >= 11 is 0. The van der Waals surface area contributed by atoms with Crippen molar-refractivity contribution in [2.45, 2.75) is 78.3 Å². The molecule has 0 aromatic rings. The summed E-state index contributed by atoms with van der Waals surface area (Å²) in [7, 11) is 0. The molecule has 19 heavy (non-hydrogen) atoms. The van der Waals surface area contributed by atoms with Crippen molar-refractivity contribution >= 4 is 0 Å². The summed E-state index contributed by atoms with van der Waals surface area (Å²) in [5.41, 5.74) is 6.86. The van der Waals surface area contributed by atoms with Crippen molar-refractivity contribution in [1.82, 2.24) is 4.90 Å². The lowest BCUT2D eigenvalue weighted by Gasteiger charge is -2.35. The quantitative estimate of drug-likeness (QED) is 0.823. The first-order valence-corrected chi connectivity index (χ1v) is 8.40. The van der Waals surface area contributed by atoms with Gasteiger partial charge >= 0.3 is 0 Å². The molecular weight excluding hydrogens is 232 g/mol. The number of nitrogens with two attached hydrogens (primary N) is 1. The molecule has 0 aromatic heterocycles. The van der Waals surface area contributed by atoms with E-state index in [1.807, 2.05) is 0 Å². The molecule has 2 aliphatic carbocycles. The highest BCUT2D eigenvalue weighted by Gasteiger charge is 2.40. The van der Waals surface area contributed by atoms with Gasteiger partial charge in [-0.15, -0.1) is 0 Å². The van der Waals surface area contributed by atoms with Crippen LogP contribution >= 0.6 is 0 Å². The van der Waals surface area contributed by atoms with Gasteiger partial charge in [0.15, 0.2) is 0 Å². The monoisotopic (exact) mass is 266 g/mol. The molecule has 2 atom stereocenters. The van der Waals surface area contributed by atoms with Crippen LogP contribution in [0.5, 0.6) is 0 Å². The first-order valence-electron chi connectivity index (χ1n) is 8.40. The Morgan fingerprint density at radius 1 is 1.16 bits per heavy atom. The predicted molar refractivity (Wildman–Crippen MR) is 83.1 cm³/mol. The van der Waals surface area contributed by atoms with Gasteiger partial charge in [0, 0.05) is 25.2 Å². The standard InChI is InChI=1S/C17H34N2/c1-13(2)11-19(15-7-5-6-8-15)12-14-9-10-17(3,4)16(14)18/h13-16H,5-12,18H2,1-4H3. The molecule has 0 aromatic carbocycles. The van der Waals surface area contributed by atoms with Crippen LogP contribution in [-0.2, 0) is 0 Å². The molecule has 0 saturated heterocycles. The maximum Gasteiger partial charge on any atom is 0.0131 e. The third kappa shape index (κ3) is 3.72. The normalized spacial score (nSPS) is 31.7. The van der Waals surface area contributed by atoms with E-state index >= 15 is 0 Å². The summed E-state index contributed by atoms with van der Waals surface area (Å²) in [6.45, 7) is 11.9. The smallest absolute Gasteiger partial charge is 0.0131 e. The second-order valence-corrected chi connectivity index (χ2v) is 8.10. The third-order valence-electron chi connectivity index (χ3n) is 5.48. The molecule has 0 amide bonds. The molecule has 2 aliphatic rings. The highest BCUT2D eigenvalue weighted by Crippen LogP contribution is 2.41. The molecule has 0 heterocycles. The van der Waals surface area contributed by atoms with Crippen LogP contribution in [0.15, 0.2) is 0 Å². The topological polar surface area (TPSA) is 29.3 Å². The van der Waals surface area contributed by atoms with E-state index < -0.39 is 0 Å². The Morgan fingerprint density at radius 3 is 2.26 bits per heavy atom. The SMILES string of the molecule is CC(C)CN(CC1CCC(C)(C)C1N)C1CCCC1. The first kappa shape index (κ1) is 15.3. The van der Waals surface area contributed by atoms with E-state index in [0.29, 0.717) is 17.4 Å². The van der Waals surface area contributed by atoms with Gasteiger partial charge in [-0.25, -0.2) is 0 Å². The van der Waals surface area contributed by atoms with Gasteiger partial charge in [0.1, 0.15) is 0 Å². The van der Waals surface area contributed by atoms with Gasteiger partial charge in [-0.2, -0.15) is 0 Å². The van der Waals surface area contributed by atoms with Crippen molar-refractivity contribution in [3.63, 3.8) is 0 Å². The molecule has 0 bridgehead atoms. The van der Waals surface area contributed by atoms with Crippen LogP contribution in [-0.4, -0.2) is 30.1 Å².